The van der Waals surface area contributed by atoms with Crippen molar-refractivity contribution in [1.29, 1.82) is 0 Å². The van der Waals surface area contributed by atoms with Crippen LogP contribution in [0.3, 0.4) is 0 Å². The summed E-state index contributed by atoms with van der Waals surface area (Å²) in [5.41, 5.74) is 0.661. The van der Waals surface area contributed by atoms with Crippen LogP contribution >= 0.6 is 35.0 Å². The molecule has 2 saturated heterocycles. The van der Waals surface area contributed by atoms with Crippen molar-refractivity contribution in [3.63, 3.8) is 0 Å². The summed E-state index contributed by atoms with van der Waals surface area (Å²) >= 11 is 12.7. The number of thioether (sulfide) groups is 1. The lowest BCUT2D eigenvalue weighted by molar-refractivity contribution is -0.139. The lowest BCUT2D eigenvalue weighted by Gasteiger charge is -2.28. The largest absolute Gasteiger partial charge is 0.493 e. The SMILES string of the molecule is COc1cc(/C=C2\SC(=O)N(CC(=O)N3CCOCC3)C2=O)ccc1OC(=O)c1ccc(Cl)cc1Cl. The number of amides is 3. The minimum Gasteiger partial charge on any atom is -0.493 e. The van der Waals surface area contributed by atoms with Gasteiger partial charge in [0.25, 0.3) is 11.1 Å². The average Bonchev–Trinajstić information content (AvgIpc) is 3.12. The van der Waals surface area contributed by atoms with Gasteiger partial charge >= 0.3 is 5.97 Å². The summed E-state index contributed by atoms with van der Waals surface area (Å²) in [5, 5.41) is 0.00416. The van der Waals surface area contributed by atoms with Gasteiger partial charge in [-0.15, -0.1) is 0 Å². The van der Waals surface area contributed by atoms with Gasteiger partial charge in [-0.05, 0) is 53.7 Å². The molecule has 2 aliphatic rings. The summed E-state index contributed by atoms with van der Waals surface area (Å²) in [4.78, 5) is 52.9. The molecule has 12 heteroatoms. The molecular formula is C24H20Cl2N2O7S. The highest BCUT2D eigenvalue weighted by atomic mass is 35.5. The Kier molecular flexibility index (Phi) is 8.20. The van der Waals surface area contributed by atoms with Crippen molar-refractivity contribution < 1.29 is 33.4 Å². The molecule has 2 fully saturated rings. The summed E-state index contributed by atoms with van der Waals surface area (Å²) in [7, 11) is 1.40. The number of hydrogen-bond acceptors (Lipinski definition) is 8. The smallest absolute Gasteiger partial charge is 0.345 e. The molecule has 0 N–H and O–H groups in total. The Morgan fingerprint density at radius 1 is 1.08 bits per heavy atom. The number of ether oxygens (including phenoxy) is 3. The molecule has 3 amide bonds. The molecule has 2 aromatic rings. The highest BCUT2D eigenvalue weighted by Crippen LogP contribution is 2.35. The molecular weight excluding hydrogens is 531 g/mol. The van der Waals surface area contributed by atoms with E-state index < -0.39 is 17.1 Å². The summed E-state index contributed by atoms with van der Waals surface area (Å²) in [6, 6.07) is 9.06. The number of carbonyl (C=O) groups excluding carboxylic acids is 4. The Morgan fingerprint density at radius 2 is 1.83 bits per heavy atom. The van der Waals surface area contributed by atoms with Crippen LogP contribution in [0.5, 0.6) is 11.5 Å². The second kappa shape index (κ2) is 11.3. The maximum Gasteiger partial charge on any atom is 0.345 e. The van der Waals surface area contributed by atoms with E-state index in [9.17, 15) is 19.2 Å². The lowest BCUT2D eigenvalue weighted by Crippen LogP contribution is -2.46. The molecule has 2 heterocycles. The molecule has 0 aliphatic carbocycles. The van der Waals surface area contributed by atoms with Crippen LogP contribution < -0.4 is 9.47 Å². The Balaban J connectivity index is 1.47. The first-order valence-electron chi connectivity index (χ1n) is 10.7. The van der Waals surface area contributed by atoms with Gasteiger partial charge < -0.3 is 19.1 Å². The molecule has 2 aromatic carbocycles. The van der Waals surface area contributed by atoms with Crippen LogP contribution in [0, 0.1) is 0 Å². The van der Waals surface area contributed by atoms with E-state index in [1.807, 2.05) is 0 Å². The quantitative estimate of drug-likeness (QED) is 0.300. The van der Waals surface area contributed by atoms with Crippen molar-refractivity contribution >= 4 is 64.1 Å². The monoisotopic (exact) mass is 550 g/mol. The Morgan fingerprint density at radius 3 is 2.53 bits per heavy atom. The zero-order valence-electron chi connectivity index (χ0n) is 19.0. The number of halogens is 2. The van der Waals surface area contributed by atoms with Crippen molar-refractivity contribution in [3.8, 4) is 11.5 Å². The fourth-order valence-electron chi connectivity index (χ4n) is 3.50. The van der Waals surface area contributed by atoms with Crippen LogP contribution in [-0.4, -0.2) is 72.8 Å². The van der Waals surface area contributed by atoms with Gasteiger partial charge in [0.2, 0.25) is 5.91 Å². The highest BCUT2D eigenvalue weighted by Gasteiger charge is 2.37. The molecule has 0 spiro atoms. The summed E-state index contributed by atoms with van der Waals surface area (Å²) in [6.45, 7) is 1.37. The number of hydrogen-bond donors (Lipinski definition) is 0. The molecule has 0 unspecified atom stereocenters. The molecule has 36 heavy (non-hydrogen) atoms. The number of imide groups is 1. The van der Waals surface area contributed by atoms with Crippen molar-refractivity contribution in [1.82, 2.24) is 9.80 Å². The van der Waals surface area contributed by atoms with Crippen LogP contribution in [-0.2, 0) is 14.3 Å². The highest BCUT2D eigenvalue weighted by molar-refractivity contribution is 8.18. The molecule has 0 aromatic heterocycles. The number of methoxy groups -OCH3 is 1. The van der Waals surface area contributed by atoms with E-state index >= 15 is 0 Å². The first-order chi connectivity index (χ1) is 17.3. The molecule has 0 saturated carbocycles. The van der Waals surface area contributed by atoms with Gasteiger partial charge in [-0.2, -0.15) is 0 Å². The number of benzene rings is 2. The van der Waals surface area contributed by atoms with Crippen LogP contribution in [0.4, 0.5) is 4.79 Å². The second-order valence-corrected chi connectivity index (χ2v) is 9.52. The van der Waals surface area contributed by atoms with Crippen molar-refractivity contribution in [2.45, 2.75) is 0 Å². The normalized spacial score (nSPS) is 17.0. The fourth-order valence-corrected chi connectivity index (χ4v) is 4.83. The van der Waals surface area contributed by atoms with Crippen LogP contribution in [0.2, 0.25) is 10.0 Å². The summed E-state index contributed by atoms with van der Waals surface area (Å²) < 4.78 is 16.0. The van der Waals surface area contributed by atoms with E-state index in [4.69, 9.17) is 37.4 Å². The molecule has 188 valence electrons. The average molecular weight is 551 g/mol. The number of esters is 1. The first-order valence-corrected chi connectivity index (χ1v) is 12.3. The molecule has 0 bridgehead atoms. The standard InChI is InChI=1S/C24H20Cl2N2O7S/c1-33-19-10-14(2-5-18(19)35-23(31)16-4-3-15(25)12-17(16)26)11-20-22(30)28(24(32)36-20)13-21(29)27-6-8-34-9-7-27/h2-5,10-12H,6-9,13H2,1H3/b20-11-. The van der Waals surface area contributed by atoms with Gasteiger partial charge in [-0.25, -0.2) is 4.79 Å². The van der Waals surface area contributed by atoms with E-state index in [-0.39, 0.29) is 39.4 Å². The van der Waals surface area contributed by atoms with E-state index in [0.29, 0.717) is 36.9 Å². The second-order valence-electron chi connectivity index (χ2n) is 7.68. The number of nitrogens with zero attached hydrogens (tertiary/aromatic N) is 2. The fraction of sp³-hybridized carbons (Fsp3) is 0.250. The lowest BCUT2D eigenvalue weighted by atomic mass is 10.1. The van der Waals surface area contributed by atoms with Crippen LogP contribution in [0.15, 0.2) is 41.3 Å². The summed E-state index contributed by atoms with van der Waals surface area (Å²) in [5.74, 6) is -1.21. The predicted molar refractivity (Wildman–Crippen MR) is 134 cm³/mol. The van der Waals surface area contributed by atoms with Crippen molar-refractivity contribution in [2.24, 2.45) is 0 Å². The molecule has 4 rings (SSSR count). The zero-order valence-corrected chi connectivity index (χ0v) is 21.3. The molecule has 9 nitrogen and oxygen atoms in total. The van der Waals surface area contributed by atoms with Crippen molar-refractivity contribution in [3.05, 3.63) is 62.5 Å². The third-order valence-corrected chi connectivity index (χ3v) is 6.83. The van der Waals surface area contributed by atoms with Gasteiger partial charge in [0.1, 0.15) is 6.54 Å². The van der Waals surface area contributed by atoms with E-state index in [0.717, 1.165) is 16.7 Å². The Bertz CT molecular complexity index is 1260. The number of carbonyl (C=O) groups is 4. The van der Waals surface area contributed by atoms with Crippen molar-refractivity contribution in [2.75, 3.05) is 40.0 Å². The van der Waals surface area contributed by atoms with Gasteiger partial charge in [0.15, 0.2) is 11.5 Å². The van der Waals surface area contributed by atoms with Crippen LogP contribution in [0.25, 0.3) is 6.08 Å². The molecule has 0 radical (unpaired) electrons. The van der Waals surface area contributed by atoms with Gasteiger partial charge in [-0.1, -0.05) is 29.3 Å². The zero-order chi connectivity index (χ0) is 25.8. The minimum absolute atomic E-state index is 0.132. The Hall–Kier alpha value is -3.05. The molecule has 0 atom stereocenters. The molecule has 2 aliphatic heterocycles. The Labute approximate surface area is 220 Å². The van der Waals surface area contributed by atoms with E-state index in [1.54, 1.807) is 17.0 Å². The third kappa shape index (κ3) is 5.84. The van der Waals surface area contributed by atoms with Crippen LogP contribution in [0.1, 0.15) is 15.9 Å². The minimum atomic E-state index is -0.700. The predicted octanol–water partition coefficient (Wildman–Crippen LogP) is 4.12. The number of rotatable bonds is 6. The van der Waals surface area contributed by atoms with Gasteiger partial charge in [-0.3, -0.25) is 19.3 Å². The van der Waals surface area contributed by atoms with E-state index in [1.165, 1.54) is 37.5 Å². The maximum atomic E-state index is 12.8. The van der Waals surface area contributed by atoms with Gasteiger partial charge in [0.05, 0.1) is 35.8 Å². The maximum absolute atomic E-state index is 12.8. The third-order valence-electron chi connectivity index (χ3n) is 5.37. The topological polar surface area (TPSA) is 102 Å². The first kappa shape index (κ1) is 26.0. The van der Waals surface area contributed by atoms with E-state index in [2.05, 4.69) is 0 Å². The summed E-state index contributed by atoms with van der Waals surface area (Å²) in [6.07, 6.45) is 1.51. The van der Waals surface area contributed by atoms with Gasteiger partial charge in [0, 0.05) is 18.1 Å². The number of morpholine rings is 1.